The number of nitrogens with one attached hydrogen (secondary N) is 2. The SMILES string of the molecule is CCC[C@H](NC(=O)n1ncc2ccccc21)C(=O)N1CCC[C@H]1C(=O)N[C@@H](CCC)C(=O)C(F)(F)F. The third-order valence-corrected chi connectivity index (χ3v) is 6.17. The van der Waals surface area contributed by atoms with Crippen molar-refractivity contribution >= 4 is 34.5 Å². The number of ketones is 1. The zero-order chi connectivity index (χ0) is 26.5. The van der Waals surface area contributed by atoms with Gasteiger partial charge < -0.3 is 15.5 Å². The van der Waals surface area contributed by atoms with Gasteiger partial charge in [0.2, 0.25) is 11.8 Å². The lowest BCUT2D eigenvalue weighted by molar-refractivity contribution is -0.174. The summed E-state index contributed by atoms with van der Waals surface area (Å²) in [4.78, 5) is 52.2. The molecule has 3 amide bonds. The minimum absolute atomic E-state index is 0.170. The third-order valence-electron chi connectivity index (χ3n) is 6.17. The summed E-state index contributed by atoms with van der Waals surface area (Å²) in [5, 5.41) is 9.72. The molecule has 1 saturated heterocycles. The lowest BCUT2D eigenvalue weighted by atomic mass is 10.1. The van der Waals surface area contributed by atoms with Crippen molar-refractivity contribution in [2.24, 2.45) is 0 Å². The van der Waals surface area contributed by atoms with Crippen LogP contribution in [0, 0.1) is 0 Å². The summed E-state index contributed by atoms with van der Waals surface area (Å²) in [5.74, 6) is -3.33. The van der Waals surface area contributed by atoms with E-state index in [2.05, 4.69) is 15.7 Å². The van der Waals surface area contributed by atoms with Crippen LogP contribution < -0.4 is 10.6 Å². The molecular weight excluding hydrogens is 479 g/mol. The van der Waals surface area contributed by atoms with E-state index in [4.69, 9.17) is 0 Å². The van der Waals surface area contributed by atoms with Crippen LogP contribution in [0.25, 0.3) is 10.9 Å². The van der Waals surface area contributed by atoms with Gasteiger partial charge in [-0.3, -0.25) is 14.4 Å². The van der Waals surface area contributed by atoms with Gasteiger partial charge in [0.25, 0.3) is 5.78 Å². The van der Waals surface area contributed by atoms with E-state index in [9.17, 15) is 32.3 Å². The molecule has 0 unspecified atom stereocenters. The number of hydrogen-bond acceptors (Lipinski definition) is 5. The first-order chi connectivity index (χ1) is 17.1. The molecule has 1 aliphatic rings. The molecular formula is C24H30F3N5O4. The first-order valence-electron chi connectivity index (χ1n) is 12.0. The Kier molecular flexibility index (Phi) is 8.70. The lowest BCUT2D eigenvalue weighted by Crippen LogP contribution is -2.56. The summed E-state index contributed by atoms with van der Waals surface area (Å²) in [6.07, 6.45) is -1.91. The van der Waals surface area contributed by atoms with Crippen molar-refractivity contribution < 1.29 is 32.3 Å². The maximum absolute atomic E-state index is 13.4. The first kappa shape index (κ1) is 27.2. The summed E-state index contributed by atoms with van der Waals surface area (Å²) >= 11 is 0. The summed E-state index contributed by atoms with van der Waals surface area (Å²) in [5.41, 5.74) is 0.562. The van der Waals surface area contributed by atoms with Crippen molar-refractivity contribution in [3.8, 4) is 0 Å². The highest BCUT2D eigenvalue weighted by molar-refractivity contribution is 5.97. The van der Waals surface area contributed by atoms with Crippen molar-refractivity contribution in [2.45, 2.75) is 76.7 Å². The summed E-state index contributed by atoms with van der Waals surface area (Å²) < 4.78 is 40.1. The molecule has 1 aromatic heterocycles. The van der Waals surface area contributed by atoms with Gasteiger partial charge in [-0.1, -0.05) is 44.9 Å². The zero-order valence-electron chi connectivity index (χ0n) is 20.2. The number of fused-ring (bicyclic) bond motifs is 1. The van der Waals surface area contributed by atoms with Crippen LogP contribution in [0.5, 0.6) is 0 Å². The van der Waals surface area contributed by atoms with Gasteiger partial charge in [0, 0.05) is 11.9 Å². The number of carbonyl (C=O) groups is 4. The van der Waals surface area contributed by atoms with E-state index >= 15 is 0 Å². The molecule has 0 spiro atoms. The number of likely N-dealkylation sites (tertiary alicyclic amines) is 1. The van der Waals surface area contributed by atoms with Gasteiger partial charge in [-0.05, 0) is 31.7 Å². The Morgan fingerprint density at radius 1 is 1.06 bits per heavy atom. The van der Waals surface area contributed by atoms with Gasteiger partial charge >= 0.3 is 12.2 Å². The van der Waals surface area contributed by atoms with Crippen molar-refractivity contribution in [1.82, 2.24) is 25.3 Å². The average molecular weight is 510 g/mol. The van der Waals surface area contributed by atoms with Crippen LogP contribution in [0.2, 0.25) is 0 Å². The Labute approximate surface area is 206 Å². The molecule has 36 heavy (non-hydrogen) atoms. The molecule has 3 atom stereocenters. The standard InChI is InChI=1S/C24H30F3N5O4/c1-3-8-16(20(33)24(25,26)27)29-21(34)19-12-7-13-31(19)22(35)17(9-4-2)30-23(36)32-18-11-6-5-10-15(18)14-28-32/h5-6,10-11,14,16-17,19H,3-4,7-9,12-13H2,1-2H3,(H,29,34)(H,30,36)/t16-,17-,19-/m0/s1. The highest BCUT2D eigenvalue weighted by atomic mass is 19.4. The van der Waals surface area contributed by atoms with Gasteiger partial charge in [0.05, 0.1) is 17.8 Å². The second-order valence-electron chi connectivity index (χ2n) is 8.81. The Hall–Kier alpha value is -3.44. The monoisotopic (exact) mass is 509 g/mol. The maximum Gasteiger partial charge on any atom is 0.452 e. The largest absolute Gasteiger partial charge is 0.452 e. The topological polar surface area (TPSA) is 113 Å². The van der Waals surface area contributed by atoms with Crippen molar-refractivity contribution in [3.05, 3.63) is 30.5 Å². The molecule has 0 aliphatic carbocycles. The third kappa shape index (κ3) is 6.03. The Morgan fingerprint density at radius 2 is 1.72 bits per heavy atom. The number of rotatable bonds is 9. The summed E-state index contributed by atoms with van der Waals surface area (Å²) in [6, 6.07) is 2.77. The van der Waals surface area contributed by atoms with Gasteiger partial charge in [-0.2, -0.15) is 23.0 Å². The Morgan fingerprint density at radius 3 is 2.39 bits per heavy atom. The van der Waals surface area contributed by atoms with E-state index in [1.807, 2.05) is 13.0 Å². The van der Waals surface area contributed by atoms with Crippen molar-refractivity contribution in [3.63, 3.8) is 0 Å². The van der Waals surface area contributed by atoms with Gasteiger partial charge in [0.1, 0.15) is 12.1 Å². The molecule has 2 heterocycles. The van der Waals surface area contributed by atoms with E-state index in [1.165, 1.54) is 11.1 Å². The number of carbonyl (C=O) groups excluding carboxylic acids is 4. The second-order valence-corrected chi connectivity index (χ2v) is 8.81. The molecule has 0 radical (unpaired) electrons. The van der Waals surface area contributed by atoms with E-state index < -0.39 is 47.9 Å². The molecule has 0 bridgehead atoms. The van der Waals surface area contributed by atoms with Crippen LogP contribution in [0.4, 0.5) is 18.0 Å². The number of hydrogen-bond donors (Lipinski definition) is 2. The molecule has 2 aromatic rings. The fourth-order valence-electron chi connectivity index (χ4n) is 4.42. The van der Waals surface area contributed by atoms with Crippen LogP contribution in [0.15, 0.2) is 30.5 Å². The minimum atomic E-state index is -5.08. The molecule has 2 N–H and O–H groups in total. The number of para-hydroxylation sites is 1. The van der Waals surface area contributed by atoms with Gasteiger partial charge in [-0.25, -0.2) is 4.79 Å². The van der Waals surface area contributed by atoms with Crippen LogP contribution in [-0.2, 0) is 14.4 Å². The number of alkyl halides is 3. The predicted molar refractivity (Wildman–Crippen MR) is 125 cm³/mol. The lowest BCUT2D eigenvalue weighted by Gasteiger charge is -2.29. The molecule has 196 valence electrons. The van der Waals surface area contributed by atoms with Crippen molar-refractivity contribution in [1.29, 1.82) is 0 Å². The first-order valence-corrected chi connectivity index (χ1v) is 12.0. The molecule has 1 aromatic carbocycles. The van der Waals surface area contributed by atoms with E-state index in [-0.39, 0.29) is 25.8 Å². The molecule has 3 rings (SSSR count). The van der Waals surface area contributed by atoms with Crippen molar-refractivity contribution in [2.75, 3.05) is 6.54 Å². The van der Waals surface area contributed by atoms with Crippen LogP contribution in [0.3, 0.4) is 0 Å². The normalized spacial score (nSPS) is 17.6. The highest BCUT2D eigenvalue weighted by Gasteiger charge is 2.45. The molecule has 12 heteroatoms. The summed E-state index contributed by atoms with van der Waals surface area (Å²) in [6.45, 7) is 3.65. The van der Waals surface area contributed by atoms with E-state index in [1.54, 1.807) is 25.1 Å². The van der Waals surface area contributed by atoms with Gasteiger partial charge in [-0.15, -0.1) is 0 Å². The van der Waals surface area contributed by atoms with Crippen LogP contribution in [-0.4, -0.2) is 69.2 Å². The van der Waals surface area contributed by atoms with Gasteiger partial charge in [0.15, 0.2) is 0 Å². The second kappa shape index (κ2) is 11.5. The number of nitrogens with zero attached hydrogens (tertiary/aromatic N) is 3. The van der Waals surface area contributed by atoms with E-state index in [0.29, 0.717) is 24.8 Å². The maximum atomic E-state index is 13.4. The number of halogens is 3. The number of aromatic nitrogens is 2. The fourth-order valence-corrected chi connectivity index (χ4v) is 4.42. The highest BCUT2D eigenvalue weighted by Crippen LogP contribution is 2.23. The zero-order valence-corrected chi connectivity index (χ0v) is 20.2. The Bertz CT molecular complexity index is 1120. The fraction of sp³-hybridized carbons (Fsp3) is 0.542. The van der Waals surface area contributed by atoms with Crippen LogP contribution >= 0.6 is 0 Å². The smallest absolute Gasteiger partial charge is 0.344 e. The quantitative estimate of drug-likeness (QED) is 0.539. The number of amides is 3. The van der Waals surface area contributed by atoms with E-state index in [0.717, 1.165) is 10.1 Å². The molecule has 1 fully saturated rings. The molecule has 9 nitrogen and oxygen atoms in total. The average Bonchev–Trinajstić information content (AvgIpc) is 3.49. The Balaban J connectivity index is 1.74. The van der Waals surface area contributed by atoms with Crippen LogP contribution in [0.1, 0.15) is 52.4 Å². The number of benzene rings is 1. The predicted octanol–water partition coefficient (Wildman–Crippen LogP) is 3.17. The summed E-state index contributed by atoms with van der Waals surface area (Å²) in [7, 11) is 0. The molecule has 0 saturated carbocycles. The molecule has 1 aliphatic heterocycles. The minimum Gasteiger partial charge on any atom is -0.344 e. The number of Topliss-reactive ketones (excluding diaryl/α,β-unsaturated/α-hetero) is 1.